The molecule has 1 aliphatic rings. The minimum absolute atomic E-state index is 0.00492. The standard InChI is InChI=1S/C19H27N5O3/c1-4-16-21-17(27-22-16)13-24(14(2)3)19(25)18(15-6-5-7-20-12-15)23-8-10-26-11-9-23/h5-7,12,14,18H,4,8-11,13H2,1-3H3/t18-/m1/s1. The van der Waals surface area contributed by atoms with E-state index < -0.39 is 6.04 Å². The molecule has 0 N–H and O–H groups in total. The molecule has 0 aliphatic carbocycles. The highest BCUT2D eigenvalue weighted by Gasteiger charge is 2.34. The van der Waals surface area contributed by atoms with Crippen LogP contribution in [0.4, 0.5) is 0 Å². The van der Waals surface area contributed by atoms with Crippen molar-refractivity contribution in [1.29, 1.82) is 0 Å². The minimum atomic E-state index is -0.404. The van der Waals surface area contributed by atoms with Crippen molar-refractivity contribution >= 4 is 5.91 Å². The molecular formula is C19H27N5O3. The summed E-state index contributed by atoms with van der Waals surface area (Å²) in [5, 5.41) is 3.94. The number of nitrogens with zero attached hydrogens (tertiary/aromatic N) is 5. The highest BCUT2D eigenvalue weighted by atomic mass is 16.5. The predicted molar refractivity (Wildman–Crippen MR) is 98.7 cm³/mol. The van der Waals surface area contributed by atoms with Gasteiger partial charge in [0, 0.05) is 37.9 Å². The second kappa shape index (κ2) is 9.05. The fraction of sp³-hybridized carbons (Fsp3) is 0.579. The van der Waals surface area contributed by atoms with Crippen LogP contribution in [0, 0.1) is 0 Å². The predicted octanol–water partition coefficient (Wildman–Crippen LogP) is 1.84. The number of ether oxygens (including phenoxy) is 1. The summed E-state index contributed by atoms with van der Waals surface area (Å²) >= 11 is 0. The second-order valence-electron chi connectivity index (χ2n) is 6.86. The van der Waals surface area contributed by atoms with E-state index in [0.29, 0.717) is 51.0 Å². The maximum atomic E-state index is 13.6. The van der Waals surface area contributed by atoms with Gasteiger partial charge in [-0.25, -0.2) is 0 Å². The van der Waals surface area contributed by atoms with Gasteiger partial charge in [-0.2, -0.15) is 4.98 Å². The summed E-state index contributed by atoms with van der Waals surface area (Å²) in [6.07, 6.45) is 4.18. The molecular weight excluding hydrogens is 346 g/mol. The topological polar surface area (TPSA) is 84.6 Å². The number of amides is 1. The van der Waals surface area contributed by atoms with Gasteiger partial charge < -0.3 is 14.2 Å². The molecule has 0 unspecified atom stereocenters. The van der Waals surface area contributed by atoms with Gasteiger partial charge in [-0.15, -0.1) is 0 Å². The molecule has 0 bridgehead atoms. The van der Waals surface area contributed by atoms with Crippen molar-refractivity contribution in [3.8, 4) is 0 Å². The van der Waals surface area contributed by atoms with Crippen molar-refractivity contribution < 1.29 is 14.1 Å². The number of aryl methyl sites for hydroxylation is 1. The van der Waals surface area contributed by atoms with E-state index >= 15 is 0 Å². The maximum Gasteiger partial charge on any atom is 0.246 e. The molecule has 8 heteroatoms. The van der Waals surface area contributed by atoms with Crippen molar-refractivity contribution in [1.82, 2.24) is 24.9 Å². The summed E-state index contributed by atoms with van der Waals surface area (Å²) in [6.45, 7) is 8.91. The zero-order chi connectivity index (χ0) is 19.2. The van der Waals surface area contributed by atoms with E-state index in [4.69, 9.17) is 9.26 Å². The SMILES string of the molecule is CCc1noc(CN(C(=O)[C@@H](c2cccnc2)N2CCOCC2)C(C)C)n1. The van der Waals surface area contributed by atoms with Gasteiger partial charge in [-0.1, -0.05) is 18.1 Å². The van der Waals surface area contributed by atoms with E-state index in [1.807, 2.05) is 32.9 Å². The molecule has 1 atom stereocenters. The Balaban J connectivity index is 1.87. The van der Waals surface area contributed by atoms with Crippen LogP contribution in [0.2, 0.25) is 0 Å². The van der Waals surface area contributed by atoms with E-state index in [9.17, 15) is 4.79 Å². The molecule has 1 saturated heterocycles. The molecule has 146 valence electrons. The van der Waals surface area contributed by atoms with Crippen molar-refractivity contribution in [3.63, 3.8) is 0 Å². The van der Waals surface area contributed by atoms with Gasteiger partial charge >= 0.3 is 0 Å². The molecule has 27 heavy (non-hydrogen) atoms. The first-order chi connectivity index (χ1) is 13.1. The van der Waals surface area contributed by atoms with Crippen LogP contribution in [-0.2, 0) is 22.5 Å². The number of morpholine rings is 1. The van der Waals surface area contributed by atoms with Gasteiger partial charge in [0.1, 0.15) is 12.6 Å². The highest BCUT2D eigenvalue weighted by molar-refractivity contribution is 5.83. The first kappa shape index (κ1) is 19.4. The zero-order valence-corrected chi connectivity index (χ0v) is 16.2. The third kappa shape index (κ3) is 4.70. The number of hydrogen-bond donors (Lipinski definition) is 0. The molecule has 2 aromatic heterocycles. The van der Waals surface area contributed by atoms with Crippen molar-refractivity contribution in [2.75, 3.05) is 26.3 Å². The van der Waals surface area contributed by atoms with Gasteiger partial charge in [0.05, 0.1) is 13.2 Å². The number of aromatic nitrogens is 3. The summed E-state index contributed by atoms with van der Waals surface area (Å²) in [4.78, 5) is 26.1. The molecule has 2 aromatic rings. The fourth-order valence-corrected chi connectivity index (χ4v) is 3.20. The van der Waals surface area contributed by atoms with Crippen LogP contribution in [0.3, 0.4) is 0 Å². The smallest absolute Gasteiger partial charge is 0.246 e. The largest absolute Gasteiger partial charge is 0.379 e. The average molecular weight is 373 g/mol. The number of carbonyl (C=O) groups excluding carboxylic acids is 1. The molecule has 0 radical (unpaired) electrons. The number of rotatable bonds is 7. The van der Waals surface area contributed by atoms with Crippen LogP contribution in [0.15, 0.2) is 29.0 Å². The van der Waals surface area contributed by atoms with Crippen LogP contribution in [0.25, 0.3) is 0 Å². The maximum absolute atomic E-state index is 13.6. The Kier molecular flexibility index (Phi) is 6.52. The highest BCUT2D eigenvalue weighted by Crippen LogP contribution is 2.25. The van der Waals surface area contributed by atoms with E-state index in [0.717, 1.165) is 5.56 Å². The summed E-state index contributed by atoms with van der Waals surface area (Å²) in [5.41, 5.74) is 0.884. The van der Waals surface area contributed by atoms with Crippen molar-refractivity contribution in [3.05, 3.63) is 41.8 Å². The quantitative estimate of drug-likeness (QED) is 0.732. The van der Waals surface area contributed by atoms with E-state index in [1.165, 1.54) is 0 Å². The lowest BCUT2D eigenvalue weighted by molar-refractivity contribution is -0.142. The average Bonchev–Trinajstić information content (AvgIpc) is 3.15. The van der Waals surface area contributed by atoms with Gasteiger partial charge in [-0.3, -0.25) is 14.7 Å². The molecule has 8 nitrogen and oxygen atoms in total. The fourth-order valence-electron chi connectivity index (χ4n) is 3.20. The van der Waals surface area contributed by atoms with E-state index in [2.05, 4.69) is 20.0 Å². The summed E-state index contributed by atoms with van der Waals surface area (Å²) in [7, 11) is 0. The molecule has 1 fully saturated rings. The normalized spacial score (nSPS) is 16.4. The Morgan fingerprint density at radius 3 is 2.70 bits per heavy atom. The third-order valence-corrected chi connectivity index (χ3v) is 4.68. The van der Waals surface area contributed by atoms with E-state index in [-0.39, 0.29) is 11.9 Å². The number of carbonyl (C=O) groups is 1. The molecule has 1 amide bonds. The van der Waals surface area contributed by atoms with Crippen LogP contribution < -0.4 is 0 Å². The Bertz CT molecular complexity index is 728. The Morgan fingerprint density at radius 2 is 2.11 bits per heavy atom. The van der Waals surface area contributed by atoms with Gasteiger partial charge in [-0.05, 0) is 25.5 Å². The molecule has 0 saturated carbocycles. The lowest BCUT2D eigenvalue weighted by atomic mass is 10.0. The summed E-state index contributed by atoms with van der Waals surface area (Å²) in [6, 6.07) is 3.40. The van der Waals surface area contributed by atoms with Gasteiger partial charge in [0.2, 0.25) is 11.8 Å². The van der Waals surface area contributed by atoms with Crippen LogP contribution in [-0.4, -0.2) is 63.2 Å². The molecule has 3 rings (SSSR count). The van der Waals surface area contributed by atoms with Crippen LogP contribution in [0.5, 0.6) is 0 Å². The summed E-state index contributed by atoms with van der Waals surface area (Å²) < 4.78 is 10.8. The molecule has 3 heterocycles. The lowest BCUT2D eigenvalue weighted by Gasteiger charge is -2.37. The lowest BCUT2D eigenvalue weighted by Crippen LogP contribution is -2.48. The first-order valence-corrected chi connectivity index (χ1v) is 9.43. The van der Waals surface area contributed by atoms with Crippen LogP contribution in [0.1, 0.15) is 44.1 Å². The summed E-state index contributed by atoms with van der Waals surface area (Å²) in [5.74, 6) is 1.12. The minimum Gasteiger partial charge on any atom is -0.379 e. The zero-order valence-electron chi connectivity index (χ0n) is 16.2. The van der Waals surface area contributed by atoms with E-state index in [1.54, 1.807) is 17.3 Å². The van der Waals surface area contributed by atoms with Crippen LogP contribution >= 0.6 is 0 Å². The van der Waals surface area contributed by atoms with Crippen molar-refractivity contribution in [2.24, 2.45) is 0 Å². The Morgan fingerprint density at radius 1 is 1.33 bits per heavy atom. The first-order valence-electron chi connectivity index (χ1n) is 9.43. The second-order valence-corrected chi connectivity index (χ2v) is 6.86. The molecule has 0 spiro atoms. The Hall–Kier alpha value is -2.32. The molecule has 0 aromatic carbocycles. The number of pyridine rings is 1. The van der Waals surface area contributed by atoms with Gasteiger partial charge in [0.25, 0.3) is 0 Å². The molecule has 1 aliphatic heterocycles. The van der Waals surface area contributed by atoms with Crippen molar-refractivity contribution in [2.45, 2.75) is 45.8 Å². The third-order valence-electron chi connectivity index (χ3n) is 4.68. The Labute approximate surface area is 159 Å². The monoisotopic (exact) mass is 373 g/mol. The van der Waals surface area contributed by atoms with Gasteiger partial charge in [0.15, 0.2) is 5.82 Å². The number of hydrogen-bond acceptors (Lipinski definition) is 7.